The molecule has 0 aliphatic heterocycles. The fourth-order valence-corrected chi connectivity index (χ4v) is 0.940. The van der Waals surface area contributed by atoms with Crippen molar-refractivity contribution < 1.29 is 32.7 Å². The van der Waals surface area contributed by atoms with Crippen LogP contribution < -0.4 is 0 Å². The molecule has 0 heterocycles. The van der Waals surface area contributed by atoms with Gasteiger partial charge >= 0.3 is 0 Å². The minimum atomic E-state index is 0. The van der Waals surface area contributed by atoms with Crippen LogP contribution in [-0.2, 0) is 32.7 Å². The van der Waals surface area contributed by atoms with Crippen LogP contribution in [0.3, 0.4) is 0 Å². The molecule has 0 spiro atoms. The van der Waals surface area contributed by atoms with E-state index in [1.807, 2.05) is 76.2 Å². The van der Waals surface area contributed by atoms with Gasteiger partial charge in [0, 0.05) is 32.7 Å². The van der Waals surface area contributed by atoms with Crippen LogP contribution in [-0.4, -0.2) is 0 Å². The first-order chi connectivity index (χ1) is 8.79. The minimum Gasteiger partial charge on any atom is -0.184 e. The predicted octanol–water partition coefficient (Wildman–Crippen LogP) is 6.91. The largest absolute Gasteiger partial charge is 0.184 e. The van der Waals surface area contributed by atoms with Gasteiger partial charge in [0.15, 0.2) is 0 Å². The Balaban J connectivity index is -0.0000000589. The van der Waals surface area contributed by atoms with Gasteiger partial charge in [0.05, 0.1) is 0 Å². The number of hydrogen-bond donors (Lipinski definition) is 0. The zero-order valence-corrected chi connectivity index (χ0v) is 16.0. The Morgan fingerprint density at radius 3 is 0.857 bits per heavy atom. The second-order valence-electron chi connectivity index (χ2n) is 3.15. The molecule has 0 nitrogen and oxygen atoms in total. The maximum absolute atomic E-state index is 2.93. The van der Waals surface area contributed by atoms with Crippen molar-refractivity contribution >= 4 is 0 Å². The molecule has 1 heteroatoms. The van der Waals surface area contributed by atoms with Crippen LogP contribution >= 0.6 is 0 Å². The Morgan fingerprint density at radius 2 is 0.762 bits per heavy atom. The molecule has 119 valence electrons. The summed E-state index contributed by atoms with van der Waals surface area (Å²) in [5.74, 6) is 0. The summed E-state index contributed by atoms with van der Waals surface area (Å²) in [4.78, 5) is 0. The van der Waals surface area contributed by atoms with E-state index < -0.39 is 0 Å². The molecule has 21 heavy (non-hydrogen) atoms. The van der Waals surface area contributed by atoms with Crippen LogP contribution in [0.1, 0.15) is 53.7 Å². The Labute approximate surface area is 160 Å². The smallest absolute Gasteiger partial charge is 0 e. The van der Waals surface area contributed by atoms with E-state index in [0.29, 0.717) is 0 Å². The molecular formula is C20H34Y-2. The molecule has 0 amide bonds. The summed E-state index contributed by atoms with van der Waals surface area (Å²) < 4.78 is 0. The van der Waals surface area contributed by atoms with Gasteiger partial charge in [0.2, 0.25) is 0 Å². The molecule has 0 unspecified atom stereocenters. The summed E-state index contributed by atoms with van der Waals surface area (Å²) in [5, 5.41) is 0. The van der Waals surface area contributed by atoms with Crippen molar-refractivity contribution in [3.05, 3.63) is 71.8 Å². The van der Waals surface area contributed by atoms with Crippen LogP contribution in [0.5, 0.6) is 0 Å². The van der Waals surface area contributed by atoms with Crippen LogP contribution in [0.4, 0.5) is 0 Å². The van der Waals surface area contributed by atoms with Crippen LogP contribution in [0, 0.1) is 26.0 Å². The fourth-order valence-electron chi connectivity index (χ4n) is 0.940. The van der Waals surface area contributed by atoms with Gasteiger partial charge in [-0.1, -0.05) is 56.4 Å². The quantitative estimate of drug-likeness (QED) is 0.446. The zero-order chi connectivity index (χ0) is 14.2. The molecule has 0 aromatic heterocycles. The van der Waals surface area contributed by atoms with E-state index in [1.165, 1.54) is 11.1 Å². The molecule has 2 aromatic rings. The van der Waals surface area contributed by atoms with Gasteiger partial charge in [0.1, 0.15) is 0 Å². The Hall–Kier alpha value is -0.456. The number of hydrogen-bond acceptors (Lipinski definition) is 0. The first-order valence-electron chi connectivity index (χ1n) is 6.64. The topological polar surface area (TPSA) is 0 Å². The number of benzene rings is 2. The molecule has 0 saturated heterocycles. The standard InChI is InChI=1S/2C7H7.2C2H6.2CH4.Y/c2*1-7-5-3-2-4-6-7;2*1-2;;;/h2*3-6H,1H3;2*1-2H3;2*1H4;/q2*-1;;;;;. The third-order valence-corrected chi connectivity index (χ3v) is 1.77. The summed E-state index contributed by atoms with van der Waals surface area (Å²) in [5.41, 5.74) is 2.58. The van der Waals surface area contributed by atoms with Gasteiger partial charge in [-0.3, -0.25) is 0 Å². The maximum Gasteiger partial charge on any atom is 0 e. The van der Waals surface area contributed by atoms with E-state index in [0.717, 1.165) is 0 Å². The van der Waals surface area contributed by atoms with E-state index in [2.05, 4.69) is 26.0 Å². The monoisotopic (exact) mass is 363 g/mol. The van der Waals surface area contributed by atoms with Crippen molar-refractivity contribution in [1.29, 1.82) is 0 Å². The fraction of sp³-hybridized carbons (Fsp3) is 0.400. The molecule has 0 saturated carbocycles. The summed E-state index contributed by atoms with van der Waals surface area (Å²) >= 11 is 0. The van der Waals surface area contributed by atoms with Gasteiger partial charge in [0.25, 0.3) is 0 Å². The average Bonchev–Trinajstić information content (AvgIpc) is 2.46. The minimum absolute atomic E-state index is 0. The van der Waals surface area contributed by atoms with E-state index >= 15 is 0 Å². The predicted molar refractivity (Wildman–Crippen MR) is 96.2 cm³/mol. The first kappa shape index (κ1) is 32.5. The van der Waals surface area contributed by atoms with Gasteiger partial charge in [-0.05, 0) is 0 Å². The third kappa shape index (κ3) is 24.9. The first-order valence-corrected chi connectivity index (χ1v) is 6.64. The second kappa shape index (κ2) is 27.8. The Morgan fingerprint density at radius 1 is 0.571 bits per heavy atom. The van der Waals surface area contributed by atoms with E-state index in [9.17, 15) is 0 Å². The third-order valence-electron chi connectivity index (χ3n) is 1.77. The van der Waals surface area contributed by atoms with Gasteiger partial charge in [-0.25, -0.2) is 0 Å². The number of rotatable bonds is 0. The second-order valence-corrected chi connectivity index (χ2v) is 3.15. The van der Waals surface area contributed by atoms with Gasteiger partial charge in [-0.2, -0.15) is 71.8 Å². The summed E-state index contributed by atoms with van der Waals surface area (Å²) in [6.07, 6.45) is 0. The summed E-state index contributed by atoms with van der Waals surface area (Å²) in [7, 11) is 0. The molecule has 0 atom stereocenters. The molecule has 2 rings (SSSR count). The van der Waals surface area contributed by atoms with Crippen LogP contribution in [0.2, 0.25) is 0 Å². The summed E-state index contributed by atoms with van der Waals surface area (Å²) in [6, 6.07) is 21.6. The van der Waals surface area contributed by atoms with Crippen molar-refractivity contribution in [1.82, 2.24) is 0 Å². The molecule has 0 aliphatic carbocycles. The van der Waals surface area contributed by atoms with Gasteiger partial charge < -0.3 is 0 Å². The maximum atomic E-state index is 2.93. The zero-order valence-electron chi connectivity index (χ0n) is 13.2. The van der Waals surface area contributed by atoms with Crippen molar-refractivity contribution in [3.8, 4) is 0 Å². The Kier molecular flexibility index (Phi) is 43.0. The van der Waals surface area contributed by atoms with Crippen molar-refractivity contribution in [2.45, 2.75) is 56.4 Å². The summed E-state index contributed by atoms with van der Waals surface area (Å²) in [6.45, 7) is 12.1. The van der Waals surface area contributed by atoms with Crippen molar-refractivity contribution in [2.75, 3.05) is 0 Å². The van der Waals surface area contributed by atoms with E-state index in [4.69, 9.17) is 0 Å². The van der Waals surface area contributed by atoms with Crippen LogP contribution in [0.15, 0.2) is 48.5 Å². The van der Waals surface area contributed by atoms with E-state index in [1.54, 1.807) is 0 Å². The van der Waals surface area contributed by atoms with Crippen molar-refractivity contribution in [2.24, 2.45) is 0 Å². The molecule has 0 fully saturated rings. The Bertz CT molecular complexity index is 303. The molecule has 2 aromatic carbocycles. The molecule has 0 bridgehead atoms. The van der Waals surface area contributed by atoms with E-state index in [-0.39, 0.29) is 47.6 Å². The average molecular weight is 363 g/mol. The SMILES string of the molecule is C.C.CC.CC.Cc1cc[c-]cc1.Cc1cc[c-]cc1.[Y]. The molecule has 0 N–H and O–H groups in total. The molecule has 1 radical (unpaired) electrons. The molecular weight excluding hydrogens is 329 g/mol. The molecule has 0 aliphatic rings. The number of aryl methyl sites for hydroxylation is 2. The normalized spacial score (nSPS) is 6.38. The van der Waals surface area contributed by atoms with Crippen molar-refractivity contribution in [3.63, 3.8) is 0 Å². The van der Waals surface area contributed by atoms with Crippen LogP contribution in [0.25, 0.3) is 0 Å². The van der Waals surface area contributed by atoms with Gasteiger partial charge in [-0.15, -0.1) is 0 Å².